The summed E-state index contributed by atoms with van der Waals surface area (Å²) in [7, 11) is 0. The predicted octanol–water partition coefficient (Wildman–Crippen LogP) is 2.66. The first kappa shape index (κ1) is 14.1. The maximum atomic E-state index is 6.27. The van der Waals surface area contributed by atoms with Crippen LogP contribution in [0.4, 0.5) is 0 Å². The van der Waals surface area contributed by atoms with Gasteiger partial charge in [-0.2, -0.15) is 0 Å². The van der Waals surface area contributed by atoms with Gasteiger partial charge in [0.2, 0.25) is 0 Å². The van der Waals surface area contributed by atoms with E-state index in [1.807, 2.05) is 0 Å². The fraction of sp³-hybridized carbons (Fsp3) is 1.00. The molecule has 0 atom stereocenters. The van der Waals surface area contributed by atoms with Crippen molar-refractivity contribution in [1.29, 1.82) is 0 Å². The van der Waals surface area contributed by atoms with Gasteiger partial charge < -0.3 is 5.73 Å². The zero-order chi connectivity index (χ0) is 8.36. The van der Waals surface area contributed by atoms with Crippen LogP contribution in [0, 0.1) is 11.8 Å². The zero-order valence-corrected chi connectivity index (χ0v) is 9.30. The highest BCUT2D eigenvalue weighted by atomic mass is 35.5. The molecule has 0 aliphatic rings. The Kier molecular flexibility index (Phi) is 6.70. The molecule has 0 aliphatic heterocycles. The largest absolute Gasteiger partial charge is 0.329 e. The molecule has 0 saturated carbocycles. The van der Waals surface area contributed by atoms with Gasteiger partial charge in [0.1, 0.15) is 0 Å². The van der Waals surface area contributed by atoms with Crippen LogP contribution in [0.25, 0.3) is 0 Å². The van der Waals surface area contributed by atoms with Crippen molar-refractivity contribution in [3.8, 4) is 0 Å². The molecule has 2 N–H and O–H groups in total. The molecular weight excluding hydrogens is 181 g/mol. The number of nitrogens with two attached hydrogens (primary N) is 1. The highest BCUT2D eigenvalue weighted by Gasteiger charge is 2.32. The maximum Gasteiger partial charge on any atom is 0.0614 e. The molecule has 0 aromatic carbocycles. The summed E-state index contributed by atoms with van der Waals surface area (Å²) in [4.78, 5) is -0.208. The molecule has 1 nitrogen and oxygen atoms in total. The molecular formula is C8H19Cl2N. The van der Waals surface area contributed by atoms with Crippen LogP contribution < -0.4 is 5.73 Å². The second kappa shape index (κ2) is 5.23. The van der Waals surface area contributed by atoms with E-state index in [2.05, 4.69) is 27.7 Å². The number of hydrogen-bond donors (Lipinski definition) is 1. The lowest BCUT2D eigenvalue weighted by Crippen LogP contribution is -2.42. The van der Waals surface area contributed by atoms with E-state index in [1.54, 1.807) is 0 Å². The molecule has 0 aliphatic carbocycles. The molecule has 0 aromatic heterocycles. The van der Waals surface area contributed by atoms with E-state index in [0.29, 0.717) is 18.4 Å². The molecule has 3 heteroatoms. The van der Waals surface area contributed by atoms with Gasteiger partial charge in [-0.1, -0.05) is 27.7 Å². The highest BCUT2D eigenvalue weighted by molar-refractivity contribution is 6.24. The SMILES string of the molecule is CC(C)C(Cl)(CN)C(C)C.Cl. The van der Waals surface area contributed by atoms with Crippen LogP contribution in [0.15, 0.2) is 0 Å². The molecule has 70 valence electrons. The van der Waals surface area contributed by atoms with Crippen molar-refractivity contribution in [2.45, 2.75) is 32.6 Å². The summed E-state index contributed by atoms with van der Waals surface area (Å²) < 4.78 is 0. The van der Waals surface area contributed by atoms with E-state index in [9.17, 15) is 0 Å². The summed E-state index contributed by atoms with van der Waals surface area (Å²) in [6.45, 7) is 9.00. The Labute approximate surface area is 81.1 Å². The van der Waals surface area contributed by atoms with Crippen molar-refractivity contribution in [1.82, 2.24) is 0 Å². The van der Waals surface area contributed by atoms with Gasteiger partial charge in [0, 0.05) is 6.54 Å². The second-order valence-corrected chi connectivity index (χ2v) is 4.14. The highest BCUT2D eigenvalue weighted by Crippen LogP contribution is 2.31. The second-order valence-electron chi connectivity index (χ2n) is 3.44. The van der Waals surface area contributed by atoms with Crippen LogP contribution in [0.5, 0.6) is 0 Å². The van der Waals surface area contributed by atoms with Gasteiger partial charge in [-0.05, 0) is 11.8 Å². The first-order valence-electron chi connectivity index (χ1n) is 3.84. The van der Waals surface area contributed by atoms with Gasteiger partial charge in [-0.15, -0.1) is 24.0 Å². The Balaban J connectivity index is 0. The summed E-state index contributed by atoms with van der Waals surface area (Å²) in [5, 5.41) is 0. The average Bonchev–Trinajstić information content (AvgIpc) is 1.85. The zero-order valence-electron chi connectivity index (χ0n) is 7.73. The minimum Gasteiger partial charge on any atom is -0.329 e. The normalized spacial score (nSPS) is 12.0. The Morgan fingerprint density at radius 3 is 1.45 bits per heavy atom. The van der Waals surface area contributed by atoms with E-state index in [-0.39, 0.29) is 17.3 Å². The quantitative estimate of drug-likeness (QED) is 0.696. The van der Waals surface area contributed by atoms with Gasteiger partial charge in [-0.3, -0.25) is 0 Å². The molecule has 0 heterocycles. The van der Waals surface area contributed by atoms with E-state index in [0.717, 1.165) is 0 Å². The van der Waals surface area contributed by atoms with E-state index in [4.69, 9.17) is 17.3 Å². The average molecular weight is 200 g/mol. The number of rotatable bonds is 3. The third-order valence-corrected chi connectivity index (χ3v) is 3.26. The molecule has 0 spiro atoms. The molecule has 0 aromatic rings. The predicted molar refractivity (Wildman–Crippen MR) is 54.6 cm³/mol. The molecule has 0 fully saturated rings. The van der Waals surface area contributed by atoms with Crippen LogP contribution in [0.2, 0.25) is 0 Å². The molecule has 0 radical (unpaired) electrons. The van der Waals surface area contributed by atoms with Gasteiger partial charge in [0.05, 0.1) is 4.87 Å². The lowest BCUT2D eigenvalue weighted by Gasteiger charge is -2.33. The van der Waals surface area contributed by atoms with Crippen LogP contribution in [0.3, 0.4) is 0 Å². The summed E-state index contributed by atoms with van der Waals surface area (Å²) in [6, 6.07) is 0. The number of halogens is 2. The maximum absolute atomic E-state index is 6.27. The summed E-state index contributed by atoms with van der Waals surface area (Å²) >= 11 is 6.27. The smallest absolute Gasteiger partial charge is 0.0614 e. The van der Waals surface area contributed by atoms with Crippen LogP contribution in [-0.4, -0.2) is 11.4 Å². The fourth-order valence-electron chi connectivity index (χ4n) is 1.14. The monoisotopic (exact) mass is 199 g/mol. The molecule has 0 unspecified atom stereocenters. The number of alkyl halides is 1. The Bertz CT molecular complexity index is 94.3. The lowest BCUT2D eigenvalue weighted by molar-refractivity contribution is 0.332. The first-order chi connectivity index (χ1) is 4.45. The lowest BCUT2D eigenvalue weighted by atomic mass is 9.85. The van der Waals surface area contributed by atoms with Crippen molar-refractivity contribution in [3.05, 3.63) is 0 Å². The summed E-state index contributed by atoms with van der Waals surface area (Å²) in [5.41, 5.74) is 5.58. The van der Waals surface area contributed by atoms with Gasteiger partial charge in [0.25, 0.3) is 0 Å². The van der Waals surface area contributed by atoms with Gasteiger partial charge >= 0.3 is 0 Å². The molecule has 0 rings (SSSR count). The van der Waals surface area contributed by atoms with Crippen molar-refractivity contribution < 1.29 is 0 Å². The van der Waals surface area contributed by atoms with Crippen molar-refractivity contribution in [3.63, 3.8) is 0 Å². The minimum atomic E-state index is -0.208. The molecule has 11 heavy (non-hydrogen) atoms. The van der Waals surface area contributed by atoms with E-state index >= 15 is 0 Å². The number of hydrogen-bond acceptors (Lipinski definition) is 1. The molecule has 0 saturated heterocycles. The third-order valence-electron chi connectivity index (χ3n) is 2.23. The minimum absolute atomic E-state index is 0. The summed E-state index contributed by atoms with van der Waals surface area (Å²) in [5.74, 6) is 0.887. The van der Waals surface area contributed by atoms with E-state index in [1.165, 1.54) is 0 Å². The van der Waals surface area contributed by atoms with Crippen LogP contribution >= 0.6 is 24.0 Å². The van der Waals surface area contributed by atoms with Crippen LogP contribution in [-0.2, 0) is 0 Å². The summed E-state index contributed by atoms with van der Waals surface area (Å²) in [6.07, 6.45) is 0. The van der Waals surface area contributed by atoms with E-state index < -0.39 is 0 Å². The fourth-order valence-corrected chi connectivity index (χ4v) is 1.14. The van der Waals surface area contributed by atoms with Crippen molar-refractivity contribution in [2.75, 3.05) is 6.54 Å². The van der Waals surface area contributed by atoms with Crippen molar-refractivity contribution in [2.24, 2.45) is 17.6 Å². The van der Waals surface area contributed by atoms with Gasteiger partial charge in [0.15, 0.2) is 0 Å². The standard InChI is InChI=1S/C8H18ClN.ClH/c1-6(2)8(9,5-10)7(3)4;/h6-7H,5,10H2,1-4H3;1H. The first-order valence-corrected chi connectivity index (χ1v) is 4.22. The van der Waals surface area contributed by atoms with Gasteiger partial charge in [-0.25, -0.2) is 0 Å². The Morgan fingerprint density at radius 2 is 1.45 bits per heavy atom. The molecule has 0 bridgehead atoms. The Morgan fingerprint density at radius 1 is 1.18 bits per heavy atom. The topological polar surface area (TPSA) is 26.0 Å². The third kappa shape index (κ3) is 3.18. The van der Waals surface area contributed by atoms with Crippen molar-refractivity contribution >= 4 is 24.0 Å². The van der Waals surface area contributed by atoms with Crippen LogP contribution in [0.1, 0.15) is 27.7 Å². The Hall–Kier alpha value is 0.540. The molecule has 0 amide bonds.